The largest absolute Gasteiger partial charge is 0.388 e. The summed E-state index contributed by atoms with van der Waals surface area (Å²) in [6, 6.07) is 0. The van der Waals surface area contributed by atoms with E-state index in [1.165, 1.54) is 0 Å². The number of imidazole rings is 1. The molecule has 1 aliphatic rings. The van der Waals surface area contributed by atoms with Gasteiger partial charge in [-0.3, -0.25) is 0 Å². The van der Waals surface area contributed by atoms with Gasteiger partial charge in [-0.25, -0.2) is 4.98 Å². The van der Waals surface area contributed by atoms with Gasteiger partial charge in [-0.05, 0) is 32.9 Å². The molecule has 1 aromatic rings. The molecular formula is C10H17N3O. The van der Waals surface area contributed by atoms with Gasteiger partial charge < -0.3 is 15.0 Å². The molecule has 0 amide bonds. The average molecular weight is 195 g/mol. The second kappa shape index (κ2) is 3.71. The van der Waals surface area contributed by atoms with Gasteiger partial charge in [0, 0.05) is 6.20 Å². The Balaban J connectivity index is 2.01. The molecule has 4 nitrogen and oxygen atoms in total. The fraction of sp³-hybridized carbons (Fsp3) is 0.700. The van der Waals surface area contributed by atoms with Gasteiger partial charge in [-0.2, -0.15) is 0 Å². The van der Waals surface area contributed by atoms with Crippen LogP contribution in [0.15, 0.2) is 12.5 Å². The number of aryl methyl sites for hydroxylation is 1. The van der Waals surface area contributed by atoms with E-state index in [1.807, 2.05) is 17.7 Å². The van der Waals surface area contributed by atoms with Crippen LogP contribution in [0, 0.1) is 6.92 Å². The first-order chi connectivity index (χ1) is 6.68. The zero-order chi connectivity index (χ0) is 10.0. The van der Waals surface area contributed by atoms with E-state index in [1.54, 1.807) is 6.33 Å². The van der Waals surface area contributed by atoms with Crippen molar-refractivity contribution in [1.82, 2.24) is 14.9 Å². The van der Waals surface area contributed by atoms with Crippen molar-refractivity contribution in [3.63, 3.8) is 0 Å². The highest BCUT2D eigenvalue weighted by Crippen LogP contribution is 2.20. The van der Waals surface area contributed by atoms with Crippen LogP contribution in [-0.2, 0) is 6.54 Å². The molecule has 2 N–H and O–H groups in total. The van der Waals surface area contributed by atoms with Crippen molar-refractivity contribution in [1.29, 1.82) is 0 Å². The number of nitrogens with one attached hydrogen (secondary N) is 1. The molecule has 2 heterocycles. The van der Waals surface area contributed by atoms with E-state index in [0.29, 0.717) is 6.54 Å². The molecule has 0 bridgehead atoms. The Labute approximate surface area is 84.0 Å². The van der Waals surface area contributed by atoms with Gasteiger partial charge in [0.2, 0.25) is 0 Å². The number of rotatable bonds is 2. The summed E-state index contributed by atoms with van der Waals surface area (Å²) in [6.45, 7) is 4.44. The van der Waals surface area contributed by atoms with Crippen LogP contribution in [0.3, 0.4) is 0 Å². The summed E-state index contributed by atoms with van der Waals surface area (Å²) in [5, 5.41) is 13.5. The van der Waals surface area contributed by atoms with E-state index >= 15 is 0 Å². The molecule has 0 spiro atoms. The molecule has 0 aromatic carbocycles. The third kappa shape index (κ3) is 2.13. The van der Waals surface area contributed by atoms with Crippen LogP contribution < -0.4 is 5.32 Å². The second-order valence-corrected chi connectivity index (χ2v) is 4.16. The van der Waals surface area contributed by atoms with Crippen LogP contribution in [0.1, 0.15) is 18.5 Å². The molecule has 0 radical (unpaired) electrons. The summed E-state index contributed by atoms with van der Waals surface area (Å²) >= 11 is 0. The SMILES string of the molecule is Cc1cn(CC2(O)CCNCC2)cn1. The summed E-state index contributed by atoms with van der Waals surface area (Å²) in [4.78, 5) is 4.15. The molecule has 0 unspecified atom stereocenters. The van der Waals surface area contributed by atoms with Crippen LogP contribution in [-0.4, -0.2) is 33.3 Å². The highest BCUT2D eigenvalue weighted by atomic mass is 16.3. The average Bonchev–Trinajstić information content (AvgIpc) is 2.51. The van der Waals surface area contributed by atoms with Crippen LogP contribution in [0.4, 0.5) is 0 Å². The molecule has 0 aliphatic carbocycles. The third-order valence-electron chi connectivity index (χ3n) is 2.77. The van der Waals surface area contributed by atoms with Crippen molar-refractivity contribution in [3.8, 4) is 0 Å². The van der Waals surface area contributed by atoms with E-state index < -0.39 is 5.60 Å². The van der Waals surface area contributed by atoms with E-state index in [0.717, 1.165) is 31.6 Å². The van der Waals surface area contributed by atoms with Crippen LogP contribution in [0.5, 0.6) is 0 Å². The Hall–Kier alpha value is -0.870. The molecule has 78 valence electrons. The van der Waals surface area contributed by atoms with Gasteiger partial charge in [0.25, 0.3) is 0 Å². The Morgan fingerprint density at radius 1 is 1.57 bits per heavy atom. The van der Waals surface area contributed by atoms with Gasteiger partial charge >= 0.3 is 0 Å². The minimum atomic E-state index is -0.543. The predicted octanol–water partition coefficient (Wildman–Crippen LogP) is 0.306. The number of aliphatic hydroxyl groups is 1. The molecule has 1 aromatic heterocycles. The number of hydrogen-bond donors (Lipinski definition) is 2. The van der Waals surface area contributed by atoms with Crippen LogP contribution >= 0.6 is 0 Å². The second-order valence-electron chi connectivity index (χ2n) is 4.16. The van der Waals surface area contributed by atoms with E-state index in [-0.39, 0.29) is 0 Å². The zero-order valence-electron chi connectivity index (χ0n) is 8.53. The fourth-order valence-electron chi connectivity index (χ4n) is 1.95. The van der Waals surface area contributed by atoms with Gasteiger partial charge in [0.1, 0.15) is 0 Å². The summed E-state index contributed by atoms with van der Waals surface area (Å²) < 4.78 is 1.97. The molecule has 2 rings (SSSR count). The number of hydrogen-bond acceptors (Lipinski definition) is 3. The summed E-state index contributed by atoms with van der Waals surface area (Å²) in [5.41, 5.74) is 0.459. The number of piperidine rings is 1. The van der Waals surface area contributed by atoms with Gasteiger partial charge in [0.15, 0.2) is 0 Å². The highest BCUT2D eigenvalue weighted by Gasteiger charge is 2.29. The van der Waals surface area contributed by atoms with Gasteiger partial charge in [0.05, 0.1) is 24.2 Å². The maximum Gasteiger partial charge on any atom is 0.0950 e. The standard InChI is InChI=1S/C10H17N3O/c1-9-6-13(8-12-9)7-10(14)2-4-11-5-3-10/h6,8,11,14H,2-5,7H2,1H3. The molecule has 1 aliphatic heterocycles. The summed E-state index contributed by atoms with van der Waals surface area (Å²) in [7, 11) is 0. The van der Waals surface area contributed by atoms with Crippen molar-refractivity contribution in [2.45, 2.75) is 31.9 Å². The first kappa shape index (κ1) is 9.68. The van der Waals surface area contributed by atoms with Crippen molar-refractivity contribution in [2.75, 3.05) is 13.1 Å². The highest BCUT2D eigenvalue weighted by molar-refractivity contribution is 4.95. The third-order valence-corrected chi connectivity index (χ3v) is 2.77. The fourth-order valence-corrected chi connectivity index (χ4v) is 1.95. The quantitative estimate of drug-likeness (QED) is 0.714. The Morgan fingerprint density at radius 3 is 2.86 bits per heavy atom. The first-order valence-corrected chi connectivity index (χ1v) is 5.09. The van der Waals surface area contributed by atoms with Crippen LogP contribution in [0.25, 0.3) is 0 Å². The minimum Gasteiger partial charge on any atom is -0.388 e. The smallest absolute Gasteiger partial charge is 0.0950 e. The van der Waals surface area contributed by atoms with Crippen molar-refractivity contribution < 1.29 is 5.11 Å². The molecule has 14 heavy (non-hydrogen) atoms. The molecule has 0 atom stereocenters. The lowest BCUT2D eigenvalue weighted by Gasteiger charge is -2.32. The number of aromatic nitrogens is 2. The lowest BCUT2D eigenvalue weighted by Crippen LogP contribution is -2.44. The molecule has 1 saturated heterocycles. The number of nitrogens with zero attached hydrogens (tertiary/aromatic N) is 2. The maximum absolute atomic E-state index is 10.2. The molecule has 4 heteroatoms. The Morgan fingerprint density at radius 2 is 2.29 bits per heavy atom. The van der Waals surface area contributed by atoms with Gasteiger partial charge in [-0.15, -0.1) is 0 Å². The summed E-state index contributed by atoms with van der Waals surface area (Å²) in [5.74, 6) is 0. The molecular weight excluding hydrogens is 178 g/mol. The van der Waals surface area contributed by atoms with E-state index in [9.17, 15) is 5.11 Å². The monoisotopic (exact) mass is 195 g/mol. The summed E-state index contributed by atoms with van der Waals surface area (Å²) in [6.07, 6.45) is 5.41. The lowest BCUT2D eigenvalue weighted by molar-refractivity contribution is -0.00537. The van der Waals surface area contributed by atoms with E-state index in [4.69, 9.17) is 0 Å². The first-order valence-electron chi connectivity index (χ1n) is 5.09. The van der Waals surface area contributed by atoms with Crippen molar-refractivity contribution in [3.05, 3.63) is 18.2 Å². The molecule has 0 saturated carbocycles. The van der Waals surface area contributed by atoms with Crippen molar-refractivity contribution in [2.24, 2.45) is 0 Å². The minimum absolute atomic E-state index is 0.543. The Bertz CT molecular complexity index is 302. The van der Waals surface area contributed by atoms with Crippen molar-refractivity contribution >= 4 is 0 Å². The van der Waals surface area contributed by atoms with Crippen LogP contribution in [0.2, 0.25) is 0 Å². The lowest BCUT2D eigenvalue weighted by atomic mass is 9.92. The Kier molecular flexibility index (Phi) is 2.56. The molecule has 1 fully saturated rings. The zero-order valence-corrected chi connectivity index (χ0v) is 8.53. The van der Waals surface area contributed by atoms with E-state index in [2.05, 4.69) is 10.3 Å². The predicted molar refractivity (Wildman–Crippen MR) is 54.0 cm³/mol. The normalized spacial score (nSPS) is 21.0. The van der Waals surface area contributed by atoms with Gasteiger partial charge in [-0.1, -0.05) is 0 Å². The topological polar surface area (TPSA) is 50.1 Å². The maximum atomic E-state index is 10.2.